The molecule has 3 rings (SSSR count). The first-order valence-electron chi connectivity index (χ1n) is 8.18. The van der Waals surface area contributed by atoms with Gasteiger partial charge in [0.2, 0.25) is 0 Å². The first-order chi connectivity index (χ1) is 11.3. The summed E-state index contributed by atoms with van der Waals surface area (Å²) in [5, 5.41) is 3.38. The number of aliphatic imine (C=N–C) groups is 1. The summed E-state index contributed by atoms with van der Waals surface area (Å²) >= 11 is 0. The number of rotatable bonds is 3. The number of hydrogen-bond acceptors (Lipinski definition) is 4. The van der Waals surface area contributed by atoms with E-state index in [2.05, 4.69) is 15.2 Å². The van der Waals surface area contributed by atoms with Crippen LogP contribution in [0, 0.1) is 0 Å². The summed E-state index contributed by atoms with van der Waals surface area (Å²) < 4.78 is 10.8. The number of furan rings is 1. The van der Waals surface area contributed by atoms with Gasteiger partial charge in [-0.05, 0) is 25.0 Å². The fourth-order valence-electron chi connectivity index (χ4n) is 3.02. The van der Waals surface area contributed by atoms with Crippen molar-refractivity contribution >= 4 is 11.9 Å². The molecule has 1 N–H and O–H groups in total. The quantitative estimate of drug-likeness (QED) is 0.659. The van der Waals surface area contributed by atoms with Crippen LogP contribution in [0.15, 0.2) is 27.8 Å². The molecule has 126 valence electrons. The fourth-order valence-corrected chi connectivity index (χ4v) is 3.02. The van der Waals surface area contributed by atoms with E-state index >= 15 is 0 Å². The van der Waals surface area contributed by atoms with E-state index in [1.54, 1.807) is 19.2 Å². The van der Waals surface area contributed by atoms with Crippen molar-refractivity contribution in [2.45, 2.75) is 18.9 Å². The van der Waals surface area contributed by atoms with Crippen LogP contribution >= 0.6 is 0 Å². The summed E-state index contributed by atoms with van der Waals surface area (Å²) in [6.07, 6.45) is 4.06. The number of piperazine rings is 1. The number of amides is 1. The van der Waals surface area contributed by atoms with Gasteiger partial charge in [0.05, 0.1) is 12.4 Å². The molecule has 0 bridgehead atoms. The molecule has 23 heavy (non-hydrogen) atoms. The Morgan fingerprint density at radius 2 is 2.13 bits per heavy atom. The molecular weight excluding hydrogens is 296 g/mol. The Balaban J connectivity index is 1.48. The van der Waals surface area contributed by atoms with Crippen LogP contribution in [-0.4, -0.2) is 74.1 Å². The maximum Gasteiger partial charge on any atom is 0.289 e. The summed E-state index contributed by atoms with van der Waals surface area (Å²) in [4.78, 5) is 20.6. The average Bonchev–Trinajstić information content (AvgIpc) is 3.29. The Hall–Kier alpha value is -2.02. The smallest absolute Gasteiger partial charge is 0.289 e. The van der Waals surface area contributed by atoms with Crippen molar-refractivity contribution in [3.8, 4) is 0 Å². The molecular formula is C16H24N4O3. The lowest BCUT2D eigenvalue weighted by Crippen LogP contribution is -2.54. The molecule has 1 aromatic rings. The lowest BCUT2D eigenvalue weighted by Gasteiger charge is -2.36. The van der Waals surface area contributed by atoms with E-state index in [1.165, 1.54) is 6.26 Å². The van der Waals surface area contributed by atoms with Crippen LogP contribution < -0.4 is 5.32 Å². The van der Waals surface area contributed by atoms with Gasteiger partial charge in [-0.1, -0.05) is 0 Å². The Bertz CT molecular complexity index is 530. The molecule has 0 aliphatic carbocycles. The lowest BCUT2D eigenvalue weighted by molar-refractivity contribution is 0.0656. The first-order valence-corrected chi connectivity index (χ1v) is 8.18. The second kappa shape index (κ2) is 7.50. The predicted molar refractivity (Wildman–Crippen MR) is 86.5 cm³/mol. The minimum atomic E-state index is -0.0445. The summed E-state index contributed by atoms with van der Waals surface area (Å²) in [5.74, 6) is 1.24. The highest BCUT2D eigenvalue weighted by molar-refractivity contribution is 5.91. The maximum atomic E-state index is 12.3. The summed E-state index contributed by atoms with van der Waals surface area (Å²) in [5.41, 5.74) is 0. The summed E-state index contributed by atoms with van der Waals surface area (Å²) in [7, 11) is 1.79. The van der Waals surface area contributed by atoms with Gasteiger partial charge in [0.25, 0.3) is 5.91 Å². The first kappa shape index (κ1) is 15.9. The van der Waals surface area contributed by atoms with Gasteiger partial charge in [-0.3, -0.25) is 9.79 Å². The van der Waals surface area contributed by atoms with Crippen molar-refractivity contribution in [3.63, 3.8) is 0 Å². The zero-order valence-electron chi connectivity index (χ0n) is 13.5. The third kappa shape index (κ3) is 3.85. The van der Waals surface area contributed by atoms with E-state index in [9.17, 15) is 4.79 Å². The molecule has 0 aromatic carbocycles. The molecule has 1 amide bonds. The van der Waals surface area contributed by atoms with E-state index in [1.807, 2.05) is 4.90 Å². The molecule has 0 spiro atoms. The molecule has 7 heteroatoms. The van der Waals surface area contributed by atoms with Crippen molar-refractivity contribution < 1.29 is 13.9 Å². The molecule has 1 atom stereocenters. The normalized spacial score (nSPS) is 22.5. The summed E-state index contributed by atoms with van der Waals surface area (Å²) in [6.45, 7) is 4.51. The molecule has 0 saturated carbocycles. The van der Waals surface area contributed by atoms with E-state index in [-0.39, 0.29) is 12.0 Å². The van der Waals surface area contributed by atoms with Gasteiger partial charge in [-0.2, -0.15) is 0 Å². The number of nitrogens with one attached hydrogen (secondary N) is 1. The monoisotopic (exact) mass is 320 g/mol. The number of ether oxygens (including phenoxy) is 1. The number of guanidine groups is 1. The second-order valence-corrected chi connectivity index (χ2v) is 5.82. The molecule has 1 unspecified atom stereocenters. The van der Waals surface area contributed by atoms with Gasteiger partial charge >= 0.3 is 0 Å². The minimum absolute atomic E-state index is 0.0445. The standard InChI is InChI=1S/C16H24N4O3/c1-17-16(18-12-13-4-2-10-22-13)20-8-6-19(7-9-20)15(21)14-5-3-11-23-14/h3,5,11,13H,2,4,6-10,12H2,1H3,(H,17,18). The van der Waals surface area contributed by atoms with Crippen LogP contribution in [0.5, 0.6) is 0 Å². The highest BCUT2D eigenvalue weighted by Gasteiger charge is 2.25. The van der Waals surface area contributed by atoms with E-state index < -0.39 is 0 Å². The zero-order chi connectivity index (χ0) is 16.1. The second-order valence-electron chi connectivity index (χ2n) is 5.82. The molecule has 3 heterocycles. The third-order valence-electron chi connectivity index (χ3n) is 4.32. The van der Waals surface area contributed by atoms with E-state index in [4.69, 9.17) is 9.15 Å². The largest absolute Gasteiger partial charge is 0.459 e. The number of nitrogens with zero attached hydrogens (tertiary/aromatic N) is 3. The molecule has 2 fully saturated rings. The molecule has 1 aromatic heterocycles. The van der Waals surface area contributed by atoms with Gasteiger partial charge in [0, 0.05) is 46.4 Å². The molecule has 0 radical (unpaired) electrons. The Labute approximate surface area is 136 Å². The van der Waals surface area contributed by atoms with Crippen molar-refractivity contribution in [2.24, 2.45) is 4.99 Å². The maximum absolute atomic E-state index is 12.3. The Morgan fingerprint density at radius 1 is 1.35 bits per heavy atom. The van der Waals surface area contributed by atoms with Crippen LogP contribution in [0.1, 0.15) is 23.4 Å². The van der Waals surface area contributed by atoms with Crippen molar-refractivity contribution in [1.82, 2.24) is 15.1 Å². The van der Waals surface area contributed by atoms with Crippen LogP contribution in [0.2, 0.25) is 0 Å². The van der Waals surface area contributed by atoms with Gasteiger partial charge in [0.15, 0.2) is 11.7 Å². The van der Waals surface area contributed by atoms with E-state index in [0.29, 0.717) is 18.8 Å². The third-order valence-corrected chi connectivity index (χ3v) is 4.32. The van der Waals surface area contributed by atoms with Crippen molar-refractivity contribution in [2.75, 3.05) is 46.4 Å². The van der Waals surface area contributed by atoms with Gasteiger partial charge < -0.3 is 24.3 Å². The highest BCUT2D eigenvalue weighted by Crippen LogP contribution is 2.12. The van der Waals surface area contributed by atoms with E-state index in [0.717, 1.165) is 45.0 Å². The Kier molecular flexibility index (Phi) is 5.17. The van der Waals surface area contributed by atoms with Crippen molar-refractivity contribution in [3.05, 3.63) is 24.2 Å². The molecule has 7 nitrogen and oxygen atoms in total. The SMILES string of the molecule is CN=C(NCC1CCCO1)N1CCN(C(=O)c2ccco2)CC1. The molecule has 2 aliphatic rings. The lowest BCUT2D eigenvalue weighted by atomic mass is 10.2. The fraction of sp³-hybridized carbons (Fsp3) is 0.625. The topological polar surface area (TPSA) is 70.3 Å². The van der Waals surface area contributed by atoms with Crippen LogP contribution in [0.3, 0.4) is 0 Å². The predicted octanol–water partition coefficient (Wildman–Crippen LogP) is 0.792. The highest BCUT2D eigenvalue weighted by atomic mass is 16.5. The molecule has 2 aliphatic heterocycles. The number of hydrogen-bond donors (Lipinski definition) is 1. The van der Waals surface area contributed by atoms with Gasteiger partial charge in [-0.25, -0.2) is 0 Å². The molecule has 2 saturated heterocycles. The van der Waals surface area contributed by atoms with Crippen LogP contribution in [-0.2, 0) is 4.74 Å². The number of carbonyl (C=O) groups excluding carboxylic acids is 1. The summed E-state index contributed by atoms with van der Waals surface area (Å²) in [6, 6.07) is 3.44. The Morgan fingerprint density at radius 3 is 2.74 bits per heavy atom. The average molecular weight is 320 g/mol. The van der Waals surface area contributed by atoms with Gasteiger partial charge in [0.1, 0.15) is 0 Å². The minimum Gasteiger partial charge on any atom is -0.459 e. The van der Waals surface area contributed by atoms with Gasteiger partial charge in [-0.15, -0.1) is 0 Å². The van der Waals surface area contributed by atoms with Crippen molar-refractivity contribution in [1.29, 1.82) is 0 Å². The van der Waals surface area contributed by atoms with Crippen LogP contribution in [0.25, 0.3) is 0 Å². The van der Waals surface area contributed by atoms with Crippen LogP contribution in [0.4, 0.5) is 0 Å². The number of carbonyl (C=O) groups is 1. The zero-order valence-corrected chi connectivity index (χ0v) is 13.5.